The molecule has 0 spiro atoms. The van der Waals surface area contributed by atoms with Crippen LogP contribution in [0.1, 0.15) is 36.5 Å². The van der Waals surface area contributed by atoms with Gasteiger partial charge in [-0.25, -0.2) is 0 Å². The summed E-state index contributed by atoms with van der Waals surface area (Å²) in [5, 5.41) is 4.07. The highest BCUT2D eigenvalue weighted by Gasteiger charge is 2.19. The number of fused-ring (bicyclic) bond motifs is 2. The average molecular weight is 457 g/mol. The Morgan fingerprint density at radius 2 is 1.38 bits per heavy atom. The van der Waals surface area contributed by atoms with Crippen LogP contribution >= 0.6 is 0 Å². The van der Waals surface area contributed by atoms with Gasteiger partial charge < -0.3 is 14.2 Å². The molecular weight excluding hydrogens is 428 g/mol. The van der Waals surface area contributed by atoms with E-state index in [4.69, 9.17) is 14.2 Å². The number of Topliss-reactive ketones (excluding diaryl/α,β-unsaturated/α-hetero) is 1. The van der Waals surface area contributed by atoms with Gasteiger partial charge in [0.1, 0.15) is 11.5 Å². The molecule has 0 aromatic heterocycles. The Hall–Kier alpha value is -3.86. The molecule has 0 aliphatic carbocycles. The van der Waals surface area contributed by atoms with Gasteiger partial charge in [0, 0.05) is 29.5 Å². The summed E-state index contributed by atoms with van der Waals surface area (Å²) in [5.41, 5.74) is 2.50. The zero-order chi connectivity index (χ0) is 24.1. The Morgan fingerprint density at radius 3 is 2.06 bits per heavy atom. The van der Waals surface area contributed by atoms with E-state index in [0.29, 0.717) is 25.0 Å². The third-order valence-corrected chi connectivity index (χ3v) is 5.97. The second kappa shape index (κ2) is 10.4. The van der Waals surface area contributed by atoms with E-state index in [2.05, 4.69) is 12.1 Å². The Labute approximate surface area is 199 Å². The van der Waals surface area contributed by atoms with Crippen molar-refractivity contribution in [3.05, 3.63) is 72.3 Å². The van der Waals surface area contributed by atoms with E-state index in [1.54, 1.807) is 21.1 Å². The van der Waals surface area contributed by atoms with E-state index < -0.39 is 0 Å². The standard InChI is InChI=1S/C29H28O5/c1-4-34-27(31)11-7-10-24(30)21-12-15-23-20(18-21)14-17-26(33-3)29(23)28-22-9-6-5-8-19(22)13-16-25(28)32-2/h5-6,8-9,12-18H,4,7,10-11H2,1-3H3. The molecular formula is C29H28O5. The lowest BCUT2D eigenvalue weighted by Gasteiger charge is -2.18. The van der Waals surface area contributed by atoms with E-state index in [9.17, 15) is 9.59 Å². The number of carbonyl (C=O) groups is 2. The number of esters is 1. The summed E-state index contributed by atoms with van der Waals surface area (Å²) in [4.78, 5) is 24.3. The zero-order valence-electron chi connectivity index (χ0n) is 19.7. The quantitative estimate of drug-likeness (QED) is 0.210. The van der Waals surface area contributed by atoms with Crippen LogP contribution in [0.25, 0.3) is 32.7 Å². The average Bonchev–Trinajstić information content (AvgIpc) is 2.87. The van der Waals surface area contributed by atoms with Crippen molar-refractivity contribution in [3.8, 4) is 22.6 Å². The molecule has 34 heavy (non-hydrogen) atoms. The number of hydrogen-bond donors (Lipinski definition) is 0. The normalized spacial score (nSPS) is 10.9. The van der Waals surface area contributed by atoms with Crippen LogP contribution in [-0.4, -0.2) is 32.6 Å². The number of benzene rings is 4. The van der Waals surface area contributed by atoms with Crippen LogP contribution in [-0.2, 0) is 9.53 Å². The maximum Gasteiger partial charge on any atom is 0.305 e. The van der Waals surface area contributed by atoms with Crippen LogP contribution in [0.5, 0.6) is 11.5 Å². The first kappa shape index (κ1) is 23.3. The summed E-state index contributed by atoms with van der Waals surface area (Å²) >= 11 is 0. The first-order valence-electron chi connectivity index (χ1n) is 11.4. The molecule has 0 atom stereocenters. The van der Waals surface area contributed by atoms with Crippen LogP contribution in [0.2, 0.25) is 0 Å². The SMILES string of the molecule is CCOC(=O)CCCC(=O)c1ccc2c(-c3c(OC)ccc4ccccc34)c(OC)ccc2c1. The van der Waals surface area contributed by atoms with Gasteiger partial charge in [-0.05, 0) is 53.1 Å². The van der Waals surface area contributed by atoms with Crippen molar-refractivity contribution in [2.75, 3.05) is 20.8 Å². The van der Waals surface area contributed by atoms with Gasteiger partial charge in [-0.1, -0.05) is 48.5 Å². The first-order chi connectivity index (χ1) is 16.6. The Morgan fingerprint density at radius 1 is 0.735 bits per heavy atom. The van der Waals surface area contributed by atoms with Crippen molar-refractivity contribution in [3.63, 3.8) is 0 Å². The lowest BCUT2D eigenvalue weighted by Crippen LogP contribution is -2.06. The molecule has 0 saturated heterocycles. The first-order valence-corrected chi connectivity index (χ1v) is 11.4. The Balaban J connectivity index is 1.77. The summed E-state index contributed by atoms with van der Waals surface area (Å²) in [6, 6.07) is 21.8. The lowest BCUT2D eigenvalue weighted by atomic mass is 9.91. The topological polar surface area (TPSA) is 61.8 Å². The molecule has 0 unspecified atom stereocenters. The van der Waals surface area contributed by atoms with Crippen LogP contribution in [0.4, 0.5) is 0 Å². The molecule has 0 aliphatic rings. The van der Waals surface area contributed by atoms with E-state index in [1.165, 1.54) is 0 Å². The minimum Gasteiger partial charge on any atom is -0.496 e. The van der Waals surface area contributed by atoms with Gasteiger partial charge >= 0.3 is 5.97 Å². The molecule has 0 fully saturated rings. The van der Waals surface area contributed by atoms with Crippen LogP contribution in [0.3, 0.4) is 0 Å². The second-order valence-corrected chi connectivity index (χ2v) is 8.02. The molecule has 0 N–H and O–H groups in total. The second-order valence-electron chi connectivity index (χ2n) is 8.02. The van der Waals surface area contributed by atoms with Crippen molar-refractivity contribution in [1.82, 2.24) is 0 Å². The molecule has 4 aromatic carbocycles. The molecule has 4 aromatic rings. The molecule has 0 aliphatic heterocycles. The third kappa shape index (κ3) is 4.60. The fourth-order valence-corrected chi connectivity index (χ4v) is 4.36. The predicted octanol–water partition coefficient (Wildman–Crippen LogP) is 6.59. The Bertz CT molecular complexity index is 1360. The number of rotatable bonds is 9. The van der Waals surface area contributed by atoms with Gasteiger partial charge in [0.2, 0.25) is 0 Å². The van der Waals surface area contributed by atoms with E-state index in [-0.39, 0.29) is 18.2 Å². The molecule has 0 radical (unpaired) electrons. The summed E-state index contributed by atoms with van der Waals surface area (Å²) < 4.78 is 16.5. The minimum atomic E-state index is -0.269. The highest BCUT2D eigenvalue weighted by atomic mass is 16.5. The van der Waals surface area contributed by atoms with Gasteiger partial charge in [0.05, 0.1) is 20.8 Å². The highest BCUT2D eigenvalue weighted by Crippen LogP contribution is 2.45. The number of hydrogen-bond acceptors (Lipinski definition) is 5. The molecule has 0 bridgehead atoms. The van der Waals surface area contributed by atoms with Gasteiger partial charge in [-0.15, -0.1) is 0 Å². The summed E-state index contributed by atoms with van der Waals surface area (Å²) in [5.74, 6) is 1.22. The minimum absolute atomic E-state index is 0.00584. The van der Waals surface area contributed by atoms with Crippen molar-refractivity contribution in [2.45, 2.75) is 26.2 Å². The Kier molecular flexibility index (Phi) is 7.12. The molecule has 0 heterocycles. The van der Waals surface area contributed by atoms with E-state index in [0.717, 1.165) is 44.2 Å². The predicted molar refractivity (Wildman–Crippen MR) is 135 cm³/mol. The van der Waals surface area contributed by atoms with Crippen molar-refractivity contribution >= 4 is 33.3 Å². The molecule has 4 rings (SSSR count). The van der Waals surface area contributed by atoms with Gasteiger partial charge in [-0.3, -0.25) is 9.59 Å². The van der Waals surface area contributed by atoms with E-state index >= 15 is 0 Å². The fraction of sp³-hybridized carbons (Fsp3) is 0.241. The monoisotopic (exact) mass is 456 g/mol. The molecule has 5 heteroatoms. The largest absolute Gasteiger partial charge is 0.496 e. The third-order valence-electron chi connectivity index (χ3n) is 5.97. The molecule has 5 nitrogen and oxygen atoms in total. The maximum absolute atomic E-state index is 12.8. The van der Waals surface area contributed by atoms with Crippen LogP contribution in [0, 0.1) is 0 Å². The summed E-state index contributed by atoms with van der Waals surface area (Å²) in [7, 11) is 3.32. The van der Waals surface area contributed by atoms with Gasteiger partial charge in [-0.2, -0.15) is 0 Å². The molecule has 0 amide bonds. The smallest absolute Gasteiger partial charge is 0.305 e. The molecule has 174 valence electrons. The van der Waals surface area contributed by atoms with Crippen molar-refractivity contribution in [1.29, 1.82) is 0 Å². The number of ketones is 1. The number of methoxy groups -OCH3 is 2. The zero-order valence-corrected chi connectivity index (χ0v) is 19.7. The van der Waals surface area contributed by atoms with Crippen molar-refractivity contribution < 1.29 is 23.8 Å². The van der Waals surface area contributed by atoms with Crippen LogP contribution < -0.4 is 9.47 Å². The number of carbonyl (C=O) groups excluding carboxylic acids is 2. The highest BCUT2D eigenvalue weighted by molar-refractivity contribution is 6.11. The summed E-state index contributed by atoms with van der Waals surface area (Å²) in [6.07, 6.45) is 1.01. The maximum atomic E-state index is 12.8. The van der Waals surface area contributed by atoms with Gasteiger partial charge in [0.15, 0.2) is 5.78 Å². The fourth-order valence-electron chi connectivity index (χ4n) is 4.36. The van der Waals surface area contributed by atoms with Gasteiger partial charge in [0.25, 0.3) is 0 Å². The van der Waals surface area contributed by atoms with E-state index in [1.807, 2.05) is 54.6 Å². The molecule has 0 saturated carbocycles. The van der Waals surface area contributed by atoms with Crippen LogP contribution in [0.15, 0.2) is 66.7 Å². The lowest BCUT2D eigenvalue weighted by molar-refractivity contribution is -0.143. The summed E-state index contributed by atoms with van der Waals surface area (Å²) in [6.45, 7) is 2.12. The van der Waals surface area contributed by atoms with Crippen molar-refractivity contribution in [2.24, 2.45) is 0 Å². The number of ether oxygens (including phenoxy) is 3.